The summed E-state index contributed by atoms with van der Waals surface area (Å²) in [6.07, 6.45) is 32.9. The predicted molar refractivity (Wildman–Crippen MR) is 479 cm³/mol. The van der Waals surface area contributed by atoms with Gasteiger partial charge in [0.15, 0.2) is 23.3 Å². The number of anilines is 4. The topological polar surface area (TPSA) is 220 Å². The van der Waals surface area contributed by atoms with Crippen molar-refractivity contribution in [1.29, 1.82) is 0 Å². The fourth-order valence-electron chi connectivity index (χ4n) is 16.7. The van der Waals surface area contributed by atoms with Gasteiger partial charge in [0, 0.05) is 35.1 Å². The lowest BCUT2D eigenvalue weighted by atomic mass is 10.0. The monoisotopic (exact) mass is 1650 g/mol. The number of hydrogen-bond donors (Lipinski definition) is 4. The van der Waals surface area contributed by atoms with Crippen LogP contribution in [0.1, 0.15) is 167 Å². The Morgan fingerprint density at radius 1 is 0.285 bits per heavy atom. The number of rotatable bonds is 27. The van der Waals surface area contributed by atoms with E-state index in [0.717, 1.165) is 111 Å². The Hall–Kier alpha value is -12.8. The first kappa shape index (κ1) is 86.5. The summed E-state index contributed by atoms with van der Waals surface area (Å²) in [7, 11) is 0. The fraction of sp³-hybridized carbons (Fsp3) is 0.301. The van der Waals surface area contributed by atoms with Gasteiger partial charge in [-0.25, -0.2) is 57.4 Å². The molecule has 0 spiro atoms. The number of aromatic nitrogens is 8. The zero-order valence-corrected chi connectivity index (χ0v) is 69.4. The van der Waals surface area contributed by atoms with Crippen molar-refractivity contribution in [1.82, 2.24) is 39.9 Å². The second kappa shape index (κ2) is 44.1. The Morgan fingerprint density at radius 2 is 0.569 bits per heavy atom. The lowest BCUT2D eigenvalue weighted by Gasteiger charge is -2.14. The van der Waals surface area contributed by atoms with Crippen LogP contribution in [-0.4, -0.2) is 63.5 Å². The molecule has 4 fully saturated rings. The van der Waals surface area contributed by atoms with E-state index in [2.05, 4.69) is 71.5 Å². The highest BCUT2D eigenvalue weighted by atomic mass is 19.1. The minimum atomic E-state index is -0.282. The maximum absolute atomic E-state index is 13.3. The van der Waals surface area contributed by atoms with Gasteiger partial charge < -0.3 is 21.3 Å². The van der Waals surface area contributed by atoms with Crippen molar-refractivity contribution in [3.8, 4) is 45.0 Å². The summed E-state index contributed by atoms with van der Waals surface area (Å²) in [5.41, 5.74) is 13.6. The largest absolute Gasteiger partial charge is 0.309 e. The number of amides is 4. The molecule has 628 valence electrons. The Kier molecular flexibility index (Phi) is 31.0. The van der Waals surface area contributed by atoms with Gasteiger partial charge in [-0.2, -0.15) is 0 Å². The highest BCUT2D eigenvalue weighted by molar-refractivity contribution is 5.94. The first-order valence-corrected chi connectivity index (χ1v) is 43.4. The summed E-state index contributed by atoms with van der Waals surface area (Å²) in [6.45, 7) is 0. The molecule has 0 aliphatic heterocycles. The quantitative estimate of drug-likeness (QED) is 0.0353. The molecule has 0 unspecified atom stereocenters. The average Bonchev–Trinajstić information content (AvgIpc) is 1.58. The van der Waals surface area contributed by atoms with E-state index in [1.54, 1.807) is 73.3 Å². The number of hydrogen-bond acceptors (Lipinski definition) is 12. The molecule has 4 amide bonds. The number of fused-ring (bicyclic) bond motifs is 1. The van der Waals surface area contributed by atoms with E-state index >= 15 is 0 Å². The standard InChI is InChI=1S/C28H26FN3O.C26H28FN3O.C25H26FN3O.C24H24FN3O/c29-24-13-11-22(12-14-24)26-18-30-28(25(31-26)16-19-5-1-2-6-19)32-27(33)17-20-9-10-21-7-3-4-8-23(21)15-20;27-22-15-13-21(14-16-22)24-18-28-26(23(29-24)17-20-9-4-5-10-20)30-25(31)12-6-11-19-7-2-1-3-8-19;26-21-13-11-20(12-14-21)23-17-27-25(22(28-23)16-19-8-4-5-9-19)29-24(30)15-10-18-6-2-1-3-7-18;25-20-12-10-19(11-13-20)22-16-26-24(21(27-22)14-17-8-4-5-9-17)28-23(29)15-18-6-2-1-3-7-18/h3-4,7-15,18-19H,1-2,5-6,16-17H2,(H,30,32,33);1-3,7-8,13-16,18,20H,4-6,9-12,17H2,(H,28,30,31);1-3,6-7,11-14,17,19H,4-5,8-10,15-16H2,(H,27,29,30);1-3,6-7,10-13,16-17H,4-5,8-9,14-15H2,(H,26,28,29). The molecular weight excluding hydrogens is 1550 g/mol. The summed E-state index contributed by atoms with van der Waals surface area (Å²) in [4.78, 5) is 87.9. The maximum Gasteiger partial charge on any atom is 0.229 e. The van der Waals surface area contributed by atoms with E-state index in [4.69, 9.17) is 19.9 Å². The highest BCUT2D eigenvalue weighted by Crippen LogP contribution is 2.36. The smallest absolute Gasteiger partial charge is 0.229 e. The molecule has 4 saturated carbocycles. The van der Waals surface area contributed by atoms with Gasteiger partial charge in [0.2, 0.25) is 23.6 Å². The zero-order valence-electron chi connectivity index (χ0n) is 69.4. The van der Waals surface area contributed by atoms with Gasteiger partial charge in [0.25, 0.3) is 0 Å². The third-order valence-electron chi connectivity index (χ3n) is 23.4. The molecule has 0 bridgehead atoms. The van der Waals surface area contributed by atoms with Crippen LogP contribution in [0.4, 0.5) is 40.8 Å². The summed E-state index contributed by atoms with van der Waals surface area (Å²) in [6, 6.07) is 69.0. The van der Waals surface area contributed by atoms with Crippen molar-refractivity contribution in [3.63, 3.8) is 0 Å². The van der Waals surface area contributed by atoms with Gasteiger partial charge in [0.1, 0.15) is 23.3 Å². The molecule has 0 saturated heterocycles. The molecule has 9 aromatic carbocycles. The molecule has 4 heterocycles. The van der Waals surface area contributed by atoms with Gasteiger partial charge in [-0.15, -0.1) is 0 Å². The van der Waals surface area contributed by atoms with Crippen LogP contribution in [0.2, 0.25) is 0 Å². The van der Waals surface area contributed by atoms with Gasteiger partial charge in [-0.1, -0.05) is 236 Å². The minimum Gasteiger partial charge on any atom is -0.309 e. The summed E-state index contributed by atoms with van der Waals surface area (Å²) >= 11 is 0. The molecule has 4 aromatic heterocycles. The van der Waals surface area contributed by atoms with E-state index in [9.17, 15) is 36.7 Å². The molecule has 20 heteroatoms. The molecule has 0 radical (unpaired) electrons. The van der Waals surface area contributed by atoms with E-state index in [1.807, 2.05) is 103 Å². The van der Waals surface area contributed by atoms with Crippen molar-refractivity contribution < 1.29 is 36.7 Å². The van der Waals surface area contributed by atoms with Crippen LogP contribution < -0.4 is 21.3 Å². The number of halogens is 4. The van der Waals surface area contributed by atoms with Crippen molar-refractivity contribution in [3.05, 3.63) is 324 Å². The molecule has 4 N–H and O–H groups in total. The lowest BCUT2D eigenvalue weighted by molar-refractivity contribution is -0.117. The fourth-order valence-corrected chi connectivity index (χ4v) is 16.7. The normalized spacial score (nSPS) is 14.0. The van der Waals surface area contributed by atoms with Crippen LogP contribution in [0.3, 0.4) is 0 Å². The predicted octanol–water partition coefficient (Wildman–Crippen LogP) is 23.1. The van der Waals surface area contributed by atoms with Crippen molar-refractivity contribution in [2.24, 2.45) is 23.7 Å². The third-order valence-corrected chi connectivity index (χ3v) is 23.4. The lowest BCUT2D eigenvalue weighted by Crippen LogP contribution is -2.18. The summed E-state index contributed by atoms with van der Waals surface area (Å²) in [5.74, 6) is 3.01. The van der Waals surface area contributed by atoms with Crippen molar-refractivity contribution in [2.45, 2.75) is 173 Å². The number of nitrogens with zero attached hydrogens (tertiary/aromatic N) is 8. The van der Waals surface area contributed by atoms with E-state index in [-0.39, 0.29) is 53.3 Å². The Labute approximate surface area is 717 Å². The molecule has 16 nitrogen and oxygen atoms in total. The van der Waals surface area contributed by atoms with Gasteiger partial charge >= 0.3 is 0 Å². The third kappa shape index (κ3) is 26.3. The summed E-state index contributed by atoms with van der Waals surface area (Å²) < 4.78 is 53.2. The minimum absolute atomic E-state index is 0.0348. The van der Waals surface area contributed by atoms with Crippen LogP contribution >= 0.6 is 0 Å². The molecule has 123 heavy (non-hydrogen) atoms. The first-order chi connectivity index (χ1) is 60.1. The number of benzene rings is 9. The Bertz CT molecular complexity index is 5620. The van der Waals surface area contributed by atoms with Crippen LogP contribution in [0.25, 0.3) is 55.8 Å². The molecular formula is C103H104F4N12O4. The van der Waals surface area contributed by atoms with E-state index in [0.29, 0.717) is 95.4 Å². The van der Waals surface area contributed by atoms with Gasteiger partial charge in [-0.3, -0.25) is 19.2 Å². The Morgan fingerprint density at radius 3 is 0.911 bits per heavy atom. The highest BCUT2D eigenvalue weighted by Gasteiger charge is 2.26. The molecule has 17 rings (SSSR count). The number of aryl methyl sites for hydroxylation is 2. The first-order valence-electron chi connectivity index (χ1n) is 43.4. The molecule has 4 aliphatic carbocycles. The molecule has 0 atom stereocenters. The van der Waals surface area contributed by atoms with Crippen molar-refractivity contribution >= 4 is 57.7 Å². The maximum atomic E-state index is 13.3. The summed E-state index contributed by atoms with van der Waals surface area (Å²) in [5, 5.41) is 14.2. The van der Waals surface area contributed by atoms with Crippen LogP contribution in [0.5, 0.6) is 0 Å². The molecule has 4 aliphatic rings. The van der Waals surface area contributed by atoms with E-state index in [1.165, 1.54) is 157 Å². The van der Waals surface area contributed by atoms with Gasteiger partial charge in [0.05, 0.1) is 83.2 Å². The number of carbonyl (C=O) groups is 4. The van der Waals surface area contributed by atoms with E-state index < -0.39 is 0 Å². The second-order valence-electron chi connectivity index (χ2n) is 32.7. The SMILES string of the molecule is O=C(CCCc1ccccc1)Nc1ncc(-c2ccc(F)cc2)nc1CC1CCCC1.O=C(CCc1ccccc1)Nc1ncc(-c2ccc(F)cc2)nc1CC1CCCC1.O=C(Cc1ccc2ccccc2c1)Nc1ncc(-c2ccc(F)cc2)nc1CC1CCCC1.O=C(Cc1ccccc1)Nc1ncc(-c2ccc(F)cc2)nc1CC1CCCC1. The van der Waals surface area contributed by atoms with Crippen LogP contribution in [0.15, 0.2) is 255 Å². The Balaban J connectivity index is 0.000000134. The number of carbonyl (C=O) groups excluding carboxylic acids is 4. The van der Waals surface area contributed by atoms with Crippen LogP contribution in [-0.2, 0) is 70.5 Å². The average molecular weight is 1650 g/mol. The van der Waals surface area contributed by atoms with Gasteiger partial charge in [-0.05, 0) is 199 Å². The second-order valence-corrected chi connectivity index (χ2v) is 32.7. The molecule has 13 aromatic rings. The number of nitrogens with one attached hydrogen (secondary N) is 4. The van der Waals surface area contributed by atoms with Crippen molar-refractivity contribution in [2.75, 3.05) is 21.3 Å². The zero-order chi connectivity index (χ0) is 84.9. The van der Waals surface area contributed by atoms with Crippen LogP contribution in [0, 0.1) is 46.9 Å².